The Morgan fingerprint density at radius 3 is 2.60 bits per heavy atom. The van der Waals surface area contributed by atoms with Crippen molar-refractivity contribution in [2.45, 2.75) is 71.8 Å². The van der Waals surface area contributed by atoms with Gasteiger partial charge in [-0.15, -0.1) is 0 Å². The van der Waals surface area contributed by atoms with E-state index in [1.807, 2.05) is 0 Å². The van der Waals surface area contributed by atoms with Crippen molar-refractivity contribution in [3.8, 4) is 0 Å². The number of hydrogen-bond acceptors (Lipinski definition) is 1. The summed E-state index contributed by atoms with van der Waals surface area (Å²) in [5, 5.41) is 3.75. The van der Waals surface area contributed by atoms with Crippen LogP contribution in [0.2, 0.25) is 0 Å². The zero-order valence-corrected chi connectivity index (χ0v) is 11.1. The maximum Gasteiger partial charge on any atom is 0.0125 e. The van der Waals surface area contributed by atoms with Crippen LogP contribution < -0.4 is 5.32 Å². The number of rotatable bonds is 5. The molecule has 90 valence electrons. The molecule has 1 N–H and O–H groups in total. The average Bonchev–Trinajstić information content (AvgIpc) is 2.15. The Labute approximate surface area is 96.0 Å². The van der Waals surface area contributed by atoms with Crippen LogP contribution in [0.25, 0.3) is 0 Å². The minimum Gasteiger partial charge on any atom is -0.312 e. The van der Waals surface area contributed by atoms with Gasteiger partial charge < -0.3 is 5.32 Å². The standard InChI is InChI=1S/C14H29N/c1-5-9-14(3,4)15-11-13-8-6-7-12(2)10-13/h12-13,15H,5-11H2,1-4H3. The number of hydrogen-bond donors (Lipinski definition) is 1. The molecular formula is C14H29N. The summed E-state index contributed by atoms with van der Waals surface area (Å²) >= 11 is 0. The fraction of sp³-hybridized carbons (Fsp3) is 1.00. The third kappa shape index (κ3) is 5.01. The van der Waals surface area contributed by atoms with Crippen LogP contribution in [0, 0.1) is 11.8 Å². The predicted octanol–water partition coefficient (Wildman–Crippen LogP) is 3.98. The van der Waals surface area contributed by atoms with Gasteiger partial charge in [0.2, 0.25) is 0 Å². The highest BCUT2D eigenvalue weighted by Gasteiger charge is 2.22. The van der Waals surface area contributed by atoms with E-state index in [0.29, 0.717) is 5.54 Å². The van der Waals surface area contributed by atoms with Gasteiger partial charge in [0.25, 0.3) is 0 Å². The van der Waals surface area contributed by atoms with Gasteiger partial charge >= 0.3 is 0 Å². The van der Waals surface area contributed by atoms with Gasteiger partial charge in [-0.05, 0) is 51.5 Å². The van der Waals surface area contributed by atoms with Crippen LogP contribution in [-0.2, 0) is 0 Å². The summed E-state index contributed by atoms with van der Waals surface area (Å²) in [6.07, 6.45) is 8.35. The lowest BCUT2D eigenvalue weighted by Crippen LogP contribution is -2.42. The molecule has 1 saturated carbocycles. The minimum absolute atomic E-state index is 0.343. The first-order valence-electron chi connectivity index (χ1n) is 6.78. The van der Waals surface area contributed by atoms with E-state index in [0.717, 1.165) is 11.8 Å². The maximum atomic E-state index is 3.75. The molecule has 0 aromatic rings. The SMILES string of the molecule is CCCC(C)(C)NCC1CCCC(C)C1. The Bertz CT molecular complexity index is 174. The molecular weight excluding hydrogens is 182 g/mol. The van der Waals surface area contributed by atoms with Crippen LogP contribution in [0.5, 0.6) is 0 Å². The second-order valence-corrected chi connectivity index (χ2v) is 6.15. The lowest BCUT2D eigenvalue weighted by Gasteiger charge is -2.32. The van der Waals surface area contributed by atoms with E-state index >= 15 is 0 Å². The highest BCUT2D eigenvalue weighted by atomic mass is 15.0. The third-order valence-corrected chi connectivity index (χ3v) is 3.79. The van der Waals surface area contributed by atoms with E-state index in [1.165, 1.54) is 45.1 Å². The molecule has 1 rings (SSSR count). The molecule has 1 heteroatoms. The molecule has 1 aliphatic carbocycles. The average molecular weight is 211 g/mol. The van der Waals surface area contributed by atoms with Crippen LogP contribution in [0.1, 0.15) is 66.2 Å². The normalized spacial score (nSPS) is 28.0. The van der Waals surface area contributed by atoms with E-state index in [2.05, 4.69) is 33.0 Å². The summed E-state index contributed by atoms with van der Waals surface area (Å²) in [7, 11) is 0. The Balaban J connectivity index is 2.23. The summed E-state index contributed by atoms with van der Waals surface area (Å²) in [5.41, 5.74) is 0.343. The lowest BCUT2D eigenvalue weighted by molar-refractivity contribution is 0.244. The summed E-state index contributed by atoms with van der Waals surface area (Å²) < 4.78 is 0. The van der Waals surface area contributed by atoms with E-state index in [4.69, 9.17) is 0 Å². The van der Waals surface area contributed by atoms with Crippen LogP contribution in [0.15, 0.2) is 0 Å². The first-order valence-corrected chi connectivity index (χ1v) is 6.78. The first kappa shape index (κ1) is 13.0. The van der Waals surface area contributed by atoms with E-state index in [9.17, 15) is 0 Å². The van der Waals surface area contributed by atoms with Crippen LogP contribution in [-0.4, -0.2) is 12.1 Å². The van der Waals surface area contributed by atoms with Gasteiger partial charge in [-0.2, -0.15) is 0 Å². The van der Waals surface area contributed by atoms with Crippen molar-refractivity contribution in [1.29, 1.82) is 0 Å². The van der Waals surface area contributed by atoms with Gasteiger partial charge in [-0.1, -0.05) is 33.1 Å². The fourth-order valence-corrected chi connectivity index (χ4v) is 2.88. The second kappa shape index (κ2) is 5.89. The zero-order chi connectivity index (χ0) is 11.3. The Morgan fingerprint density at radius 2 is 2.00 bits per heavy atom. The summed E-state index contributed by atoms with van der Waals surface area (Å²) in [5.74, 6) is 1.89. The predicted molar refractivity (Wildman–Crippen MR) is 68.1 cm³/mol. The van der Waals surface area contributed by atoms with Gasteiger partial charge in [-0.25, -0.2) is 0 Å². The molecule has 0 bridgehead atoms. The maximum absolute atomic E-state index is 3.75. The lowest BCUT2D eigenvalue weighted by atomic mass is 9.82. The molecule has 0 heterocycles. The van der Waals surface area contributed by atoms with Gasteiger partial charge in [0.1, 0.15) is 0 Å². The molecule has 0 aromatic heterocycles. The molecule has 1 nitrogen and oxygen atoms in total. The molecule has 1 fully saturated rings. The molecule has 2 unspecified atom stereocenters. The molecule has 0 amide bonds. The number of nitrogens with one attached hydrogen (secondary N) is 1. The van der Waals surface area contributed by atoms with E-state index < -0.39 is 0 Å². The molecule has 0 saturated heterocycles. The first-order chi connectivity index (χ1) is 7.03. The Morgan fingerprint density at radius 1 is 1.27 bits per heavy atom. The van der Waals surface area contributed by atoms with Crippen molar-refractivity contribution < 1.29 is 0 Å². The Hall–Kier alpha value is -0.0400. The van der Waals surface area contributed by atoms with Gasteiger partial charge in [0.05, 0.1) is 0 Å². The van der Waals surface area contributed by atoms with Crippen molar-refractivity contribution in [2.75, 3.05) is 6.54 Å². The molecule has 1 aliphatic rings. The van der Waals surface area contributed by atoms with Crippen molar-refractivity contribution in [1.82, 2.24) is 5.32 Å². The monoisotopic (exact) mass is 211 g/mol. The summed E-state index contributed by atoms with van der Waals surface area (Å²) in [6, 6.07) is 0. The van der Waals surface area contributed by atoms with Crippen molar-refractivity contribution >= 4 is 0 Å². The highest BCUT2D eigenvalue weighted by molar-refractivity contribution is 4.80. The second-order valence-electron chi connectivity index (χ2n) is 6.15. The molecule has 15 heavy (non-hydrogen) atoms. The molecule has 0 aromatic carbocycles. The third-order valence-electron chi connectivity index (χ3n) is 3.79. The fourth-order valence-electron chi connectivity index (χ4n) is 2.88. The van der Waals surface area contributed by atoms with Crippen LogP contribution in [0.3, 0.4) is 0 Å². The van der Waals surface area contributed by atoms with Crippen molar-refractivity contribution in [3.05, 3.63) is 0 Å². The quantitative estimate of drug-likeness (QED) is 0.725. The molecule has 0 aliphatic heterocycles. The van der Waals surface area contributed by atoms with Crippen LogP contribution in [0.4, 0.5) is 0 Å². The Kier molecular flexibility index (Phi) is 5.11. The van der Waals surface area contributed by atoms with Gasteiger partial charge in [-0.3, -0.25) is 0 Å². The largest absolute Gasteiger partial charge is 0.312 e. The zero-order valence-electron chi connectivity index (χ0n) is 11.1. The molecule has 0 radical (unpaired) electrons. The topological polar surface area (TPSA) is 12.0 Å². The summed E-state index contributed by atoms with van der Waals surface area (Å²) in [4.78, 5) is 0. The minimum atomic E-state index is 0.343. The molecule has 0 spiro atoms. The van der Waals surface area contributed by atoms with Crippen LogP contribution >= 0.6 is 0 Å². The smallest absolute Gasteiger partial charge is 0.0125 e. The van der Waals surface area contributed by atoms with Crippen molar-refractivity contribution in [3.63, 3.8) is 0 Å². The van der Waals surface area contributed by atoms with E-state index in [-0.39, 0.29) is 0 Å². The van der Waals surface area contributed by atoms with Gasteiger partial charge in [0, 0.05) is 5.54 Å². The van der Waals surface area contributed by atoms with Gasteiger partial charge in [0.15, 0.2) is 0 Å². The van der Waals surface area contributed by atoms with E-state index in [1.54, 1.807) is 0 Å². The summed E-state index contributed by atoms with van der Waals surface area (Å²) in [6.45, 7) is 10.6. The highest BCUT2D eigenvalue weighted by Crippen LogP contribution is 2.28. The van der Waals surface area contributed by atoms with Crippen molar-refractivity contribution in [2.24, 2.45) is 11.8 Å². The molecule has 2 atom stereocenters.